The Morgan fingerprint density at radius 2 is 2.00 bits per heavy atom. The maximum Gasteiger partial charge on any atom is 0.252 e. The van der Waals surface area contributed by atoms with Gasteiger partial charge in [0.1, 0.15) is 15.8 Å². The Bertz CT molecular complexity index is 786. The fourth-order valence-electron chi connectivity index (χ4n) is 2.80. The summed E-state index contributed by atoms with van der Waals surface area (Å²) in [6.07, 6.45) is 1.75. The van der Waals surface area contributed by atoms with Crippen LogP contribution in [0, 0.1) is 18.7 Å². The van der Waals surface area contributed by atoms with Crippen molar-refractivity contribution in [3.05, 3.63) is 47.1 Å². The van der Waals surface area contributed by atoms with Crippen molar-refractivity contribution in [1.82, 2.24) is 4.31 Å². The fraction of sp³-hybridized carbons (Fsp3) is 0.412. The van der Waals surface area contributed by atoms with E-state index in [-0.39, 0.29) is 11.7 Å². The summed E-state index contributed by atoms with van der Waals surface area (Å²) in [5.74, 6) is 0.438. The molecule has 0 amide bonds. The largest absolute Gasteiger partial charge is 0.493 e. The van der Waals surface area contributed by atoms with Crippen molar-refractivity contribution in [3.8, 4) is 5.75 Å². The third-order valence-electron chi connectivity index (χ3n) is 4.09. The van der Waals surface area contributed by atoms with Gasteiger partial charge in [0.05, 0.1) is 6.61 Å². The number of ether oxygens (including phenoxy) is 1. The van der Waals surface area contributed by atoms with Crippen molar-refractivity contribution in [1.29, 1.82) is 0 Å². The number of benzene rings is 1. The van der Waals surface area contributed by atoms with Gasteiger partial charge in [-0.2, -0.15) is 4.31 Å². The lowest BCUT2D eigenvalue weighted by molar-refractivity contribution is 0.180. The number of rotatable bonds is 5. The Balaban J connectivity index is 1.62. The third kappa shape index (κ3) is 3.96. The lowest BCUT2D eigenvalue weighted by atomic mass is 10.0. The molecule has 0 spiro atoms. The van der Waals surface area contributed by atoms with Crippen LogP contribution in [0.2, 0.25) is 0 Å². The first-order valence-corrected chi connectivity index (χ1v) is 10.2. The number of thiophene rings is 1. The van der Waals surface area contributed by atoms with E-state index in [4.69, 9.17) is 4.74 Å². The number of hydrogen-bond donors (Lipinski definition) is 0. The summed E-state index contributed by atoms with van der Waals surface area (Å²) in [6, 6.07) is 9.38. The predicted octanol–water partition coefficient (Wildman–Crippen LogP) is 3.68. The Labute approximate surface area is 145 Å². The van der Waals surface area contributed by atoms with Gasteiger partial charge in [0.2, 0.25) is 0 Å². The van der Waals surface area contributed by atoms with Gasteiger partial charge in [0.25, 0.3) is 10.0 Å². The molecular weight excluding hydrogens is 349 g/mol. The zero-order valence-electron chi connectivity index (χ0n) is 13.4. The molecule has 24 heavy (non-hydrogen) atoms. The number of hydrogen-bond acceptors (Lipinski definition) is 4. The molecule has 1 saturated heterocycles. The summed E-state index contributed by atoms with van der Waals surface area (Å²) < 4.78 is 46.0. The third-order valence-corrected chi connectivity index (χ3v) is 7.42. The second-order valence-electron chi connectivity index (χ2n) is 6.00. The average molecular weight is 369 g/mol. The van der Waals surface area contributed by atoms with E-state index >= 15 is 0 Å². The molecule has 0 saturated carbocycles. The lowest BCUT2D eigenvalue weighted by Crippen LogP contribution is -2.41. The summed E-state index contributed by atoms with van der Waals surface area (Å²) in [4.78, 5) is 0.988. The molecule has 4 nitrogen and oxygen atoms in total. The molecule has 1 aliphatic heterocycles. The van der Waals surface area contributed by atoms with Gasteiger partial charge in [0.15, 0.2) is 0 Å². The van der Waals surface area contributed by atoms with Crippen LogP contribution in [0.25, 0.3) is 0 Å². The lowest BCUT2D eigenvalue weighted by Gasteiger charge is -2.31. The Kier molecular flexibility index (Phi) is 5.22. The van der Waals surface area contributed by atoms with E-state index < -0.39 is 10.0 Å². The smallest absolute Gasteiger partial charge is 0.252 e. The zero-order valence-corrected chi connectivity index (χ0v) is 15.1. The number of nitrogens with zero attached hydrogens (tertiary/aromatic N) is 1. The van der Waals surface area contributed by atoms with Gasteiger partial charge in [-0.25, -0.2) is 12.8 Å². The molecule has 1 fully saturated rings. The standard InChI is InChI=1S/C17H20FNO3S2/c1-13-4-9-17(23-13)24(20,21)19-10-2-3-14(11-19)12-22-16-7-5-15(18)6-8-16/h4-9,14H,2-3,10-12H2,1H3. The number of aryl methyl sites for hydroxylation is 1. The van der Waals surface area contributed by atoms with Crippen LogP contribution < -0.4 is 4.74 Å². The number of halogens is 1. The molecule has 1 unspecified atom stereocenters. The molecule has 7 heteroatoms. The van der Waals surface area contributed by atoms with E-state index in [1.54, 1.807) is 22.5 Å². The van der Waals surface area contributed by atoms with Gasteiger partial charge >= 0.3 is 0 Å². The van der Waals surface area contributed by atoms with Crippen LogP contribution in [0.5, 0.6) is 5.75 Å². The van der Waals surface area contributed by atoms with E-state index in [9.17, 15) is 12.8 Å². The Hall–Kier alpha value is -1.44. The van der Waals surface area contributed by atoms with Crippen LogP contribution in [0.15, 0.2) is 40.6 Å². The molecule has 1 atom stereocenters. The first kappa shape index (κ1) is 17.4. The first-order chi connectivity index (χ1) is 11.4. The van der Waals surface area contributed by atoms with Gasteiger partial charge in [-0.3, -0.25) is 0 Å². The second kappa shape index (κ2) is 7.21. The molecule has 0 radical (unpaired) electrons. The molecule has 3 rings (SSSR count). The highest BCUT2D eigenvalue weighted by atomic mass is 32.2. The quantitative estimate of drug-likeness (QED) is 0.808. The molecule has 0 aliphatic carbocycles. The number of sulfonamides is 1. The average Bonchev–Trinajstić information content (AvgIpc) is 3.02. The van der Waals surface area contributed by atoms with Crippen molar-refractivity contribution in [2.24, 2.45) is 5.92 Å². The summed E-state index contributed by atoms with van der Waals surface area (Å²) in [7, 11) is -3.42. The normalized spacial score (nSPS) is 19.3. The SMILES string of the molecule is Cc1ccc(S(=O)(=O)N2CCCC(COc3ccc(F)cc3)C2)s1. The highest BCUT2D eigenvalue weighted by Crippen LogP contribution is 2.28. The summed E-state index contributed by atoms with van der Waals surface area (Å²) in [5, 5.41) is 0. The molecule has 1 aromatic heterocycles. The van der Waals surface area contributed by atoms with Gasteiger partial charge in [-0.05, 0) is 56.2 Å². The van der Waals surface area contributed by atoms with E-state index in [0.717, 1.165) is 17.7 Å². The predicted molar refractivity (Wildman–Crippen MR) is 92.4 cm³/mol. The maximum absolute atomic E-state index is 12.9. The van der Waals surface area contributed by atoms with Crippen molar-refractivity contribution in [2.45, 2.75) is 24.0 Å². The molecule has 0 N–H and O–H groups in total. The van der Waals surface area contributed by atoms with Gasteiger partial charge in [-0.15, -0.1) is 11.3 Å². The van der Waals surface area contributed by atoms with Crippen LogP contribution in [-0.4, -0.2) is 32.4 Å². The second-order valence-corrected chi connectivity index (χ2v) is 9.45. The topological polar surface area (TPSA) is 46.6 Å². The number of piperidine rings is 1. The van der Waals surface area contributed by atoms with Crippen molar-refractivity contribution in [3.63, 3.8) is 0 Å². The molecule has 2 aromatic rings. The maximum atomic E-state index is 12.9. The van der Waals surface area contributed by atoms with Gasteiger partial charge in [-0.1, -0.05) is 0 Å². The van der Waals surface area contributed by atoms with Crippen LogP contribution >= 0.6 is 11.3 Å². The Morgan fingerprint density at radius 1 is 1.25 bits per heavy atom. The van der Waals surface area contributed by atoms with E-state index in [1.165, 1.54) is 23.5 Å². The van der Waals surface area contributed by atoms with Crippen molar-refractivity contribution >= 4 is 21.4 Å². The summed E-state index contributed by atoms with van der Waals surface area (Å²) in [6.45, 7) is 3.34. The molecule has 1 aromatic carbocycles. The van der Waals surface area contributed by atoms with Crippen LogP contribution in [0.4, 0.5) is 4.39 Å². The molecular formula is C17H20FNO3S2. The van der Waals surface area contributed by atoms with Crippen LogP contribution in [0.1, 0.15) is 17.7 Å². The van der Waals surface area contributed by atoms with E-state index in [1.807, 2.05) is 13.0 Å². The highest BCUT2D eigenvalue weighted by Gasteiger charge is 2.31. The highest BCUT2D eigenvalue weighted by molar-refractivity contribution is 7.91. The Morgan fingerprint density at radius 3 is 2.67 bits per heavy atom. The van der Waals surface area contributed by atoms with Crippen molar-refractivity contribution in [2.75, 3.05) is 19.7 Å². The molecule has 130 valence electrons. The molecule has 0 bridgehead atoms. The fourth-order valence-corrected chi connectivity index (χ4v) is 5.80. The molecule has 1 aliphatic rings. The van der Waals surface area contributed by atoms with Crippen LogP contribution in [0.3, 0.4) is 0 Å². The van der Waals surface area contributed by atoms with Crippen LogP contribution in [-0.2, 0) is 10.0 Å². The minimum absolute atomic E-state index is 0.139. The first-order valence-electron chi connectivity index (χ1n) is 7.90. The van der Waals surface area contributed by atoms with E-state index in [0.29, 0.717) is 29.7 Å². The van der Waals surface area contributed by atoms with E-state index in [2.05, 4.69) is 0 Å². The summed E-state index contributed by atoms with van der Waals surface area (Å²) >= 11 is 1.30. The van der Waals surface area contributed by atoms with Gasteiger partial charge < -0.3 is 4.74 Å². The minimum Gasteiger partial charge on any atom is -0.493 e. The van der Waals surface area contributed by atoms with Gasteiger partial charge in [0, 0.05) is 23.9 Å². The minimum atomic E-state index is -3.42. The zero-order chi connectivity index (χ0) is 17.2. The molecule has 2 heterocycles. The van der Waals surface area contributed by atoms with Crippen molar-refractivity contribution < 1.29 is 17.5 Å². The summed E-state index contributed by atoms with van der Waals surface area (Å²) in [5.41, 5.74) is 0. The monoisotopic (exact) mass is 369 g/mol.